The molecule has 1 aromatic heterocycles. The van der Waals surface area contributed by atoms with Gasteiger partial charge in [-0.1, -0.05) is 41.2 Å². The molecule has 9 heteroatoms. The molecule has 1 aliphatic rings. The Hall–Kier alpha value is -3.98. The Morgan fingerprint density at radius 1 is 1.11 bits per heavy atom. The van der Waals surface area contributed by atoms with Gasteiger partial charge in [0.05, 0.1) is 31.0 Å². The summed E-state index contributed by atoms with van der Waals surface area (Å²) in [4.78, 5) is 44.8. The third-order valence-electron chi connectivity index (χ3n) is 5.96. The van der Waals surface area contributed by atoms with Gasteiger partial charge in [0.1, 0.15) is 16.4 Å². The van der Waals surface area contributed by atoms with Crippen molar-refractivity contribution in [2.75, 3.05) is 18.6 Å². The number of benzene rings is 2. The van der Waals surface area contributed by atoms with Crippen molar-refractivity contribution in [2.45, 2.75) is 33.7 Å². The lowest BCUT2D eigenvalue weighted by Crippen LogP contribution is -2.29. The first-order chi connectivity index (χ1) is 17.2. The Morgan fingerprint density at radius 2 is 1.81 bits per heavy atom. The number of rotatable bonds is 6. The molecule has 2 heterocycles. The first-order valence-corrected chi connectivity index (χ1v) is 12.2. The molecule has 3 aromatic rings. The van der Waals surface area contributed by atoms with Gasteiger partial charge in [0.2, 0.25) is 0 Å². The summed E-state index contributed by atoms with van der Waals surface area (Å²) in [7, 11) is 1.26. The number of ketones is 1. The predicted molar refractivity (Wildman–Crippen MR) is 137 cm³/mol. The zero-order valence-electron chi connectivity index (χ0n) is 20.6. The van der Waals surface area contributed by atoms with E-state index >= 15 is 0 Å². The first kappa shape index (κ1) is 25.1. The highest BCUT2D eigenvalue weighted by atomic mass is 32.1. The lowest BCUT2D eigenvalue weighted by molar-refractivity contribution is -0.132. The summed E-state index contributed by atoms with van der Waals surface area (Å²) in [5, 5.41) is 11.6. The van der Waals surface area contributed by atoms with E-state index in [0.717, 1.165) is 22.5 Å². The average Bonchev–Trinajstić information content (AvgIpc) is 3.37. The number of Topliss-reactive ketones (excluding diaryl/α,β-unsaturated/α-hetero) is 1. The molecular weight excluding hydrogens is 480 g/mol. The second-order valence-corrected chi connectivity index (χ2v) is 9.37. The van der Waals surface area contributed by atoms with Gasteiger partial charge in [0.25, 0.3) is 5.78 Å². The van der Waals surface area contributed by atoms with Crippen LogP contribution in [0.1, 0.15) is 50.6 Å². The molecule has 0 saturated carbocycles. The summed E-state index contributed by atoms with van der Waals surface area (Å²) in [5.74, 6) is -1.89. The smallest absolute Gasteiger partial charge is 0.350 e. The third kappa shape index (κ3) is 4.37. The van der Waals surface area contributed by atoms with Gasteiger partial charge in [0, 0.05) is 5.56 Å². The van der Waals surface area contributed by atoms with Gasteiger partial charge >= 0.3 is 11.9 Å². The molecule has 36 heavy (non-hydrogen) atoms. The quantitative estimate of drug-likeness (QED) is 0.220. The van der Waals surface area contributed by atoms with Crippen LogP contribution >= 0.6 is 11.3 Å². The fourth-order valence-corrected chi connectivity index (χ4v) is 5.17. The summed E-state index contributed by atoms with van der Waals surface area (Å²) in [6.45, 7) is 7.69. The normalized spacial score (nSPS) is 16.9. The Morgan fingerprint density at radius 3 is 2.44 bits per heavy atom. The summed E-state index contributed by atoms with van der Waals surface area (Å²) < 4.78 is 10.4. The molecule has 1 unspecified atom stereocenters. The van der Waals surface area contributed by atoms with Crippen LogP contribution in [0.3, 0.4) is 0 Å². The maximum atomic E-state index is 13.4. The number of thiazole rings is 1. The Kier molecular flexibility index (Phi) is 6.94. The van der Waals surface area contributed by atoms with E-state index in [-0.39, 0.29) is 21.3 Å². The third-order valence-corrected chi connectivity index (χ3v) is 7.10. The number of hydrogen-bond acceptors (Lipinski definition) is 8. The number of carbonyl (C=O) groups is 3. The standard InChI is InChI=1S/C27H26N2O6S/c1-6-35-18-11-9-17(10-12-18)21-20(22(30)19-13-14(2)7-8-15(19)3)23(31)25(32)29(21)27-28-16(4)24(36-27)26(33)34-5/h7-13,21,30H,6H2,1-5H3/b22-20+. The second kappa shape index (κ2) is 9.94. The molecule has 0 radical (unpaired) electrons. The minimum atomic E-state index is -0.961. The number of anilines is 1. The van der Waals surface area contributed by atoms with Gasteiger partial charge in [-0.25, -0.2) is 9.78 Å². The van der Waals surface area contributed by atoms with E-state index < -0.39 is 23.7 Å². The van der Waals surface area contributed by atoms with E-state index in [1.165, 1.54) is 12.0 Å². The van der Waals surface area contributed by atoms with Crippen molar-refractivity contribution in [3.05, 3.63) is 80.9 Å². The Labute approximate surface area is 212 Å². The number of esters is 1. The molecule has 4 rings (SSSR count). The monoisotopic (exact) mass is 506 g/mol. The molecule has 2 aromatic carbocycles. The number of aliphatic hydroxyl groups is 1. The van der Waals surface area contributed by atoms with Crippen molar-refractivity contribution in [3.63, 3.8) is 0 Å². The molecule has 0 bridgehead atoms. The molecule has 0 aliphatic carbocycles. The van der Waals surface area contributed by atoms with Crippen molar-refractivity contribution in [1.82, 2.24) is 4.98 Å². The fraction of sp³-hybridized carbons (Fsp3) is 0.259. The van der Waals surface area contributed by atoms with Gasteiger partial charge in [-0.3, -0.25) is 14.5 Å². The number of aryl methyl sites for hydroxylation is 3. The maximum absolute atomic E-state index is 13.4. The van der Waals surface area contributed by atoms with Crippen molar-refractivity contribution in [1.29, 1.82) is 0 Å². The highest BCUT2D eigenvalue weighted by molar-refractivity contribution is 7.17. The molecule has 186 valence electrons. The Balaban J connectivity index is 1.94. The largest absolute Gasteiger partial charge is 0.507 e. The molecule has 1 amide bonds. The van der Waals surface area contributed by atoms with Crippen LogP contribution in [0, 0.1) is 20.8 Å². The topological polar surface area (TPSA) is 106 Å². The molecule has 1 atom stereocenters. The van der Waals surface area contributed by atoms with Gasteiger partial charge in [0.15, 0.2) is 5.13 Å². The summed E-state index contributed by atoms with van der Waals surface area (Å²) >= 11 is 0.958. The molecular formula is C27H26N2O6S. The van der Waals surface area contributed by atoms with E-state index in [1.54, 1.807) is 37.3 Å². The SMILES string of the molecule is CCOc1ccc(C2/C(=C(\O)c3cc(C)ccc3C)C(=O)C(=O)N2c2nc(C)c(C(=O)OC)s2)cc1. The number of aliphatic hydroxyl groups excluding tert-OH is 1. The highest BCUT2D eigenvalue weighted by Gasteiger charge is 2.48. The van der Waals surface area contributed by atoms with Crippen molar-refractivity contribution < 1.29 is 29.0 Å². The maximum Gasteiger partial charge on any atom is 0.350 e. The number of methoxy groups -OCH3 is 1. The van der Waals surface area contributed by atoms with Crippen LogP contribution in [0.5, 0.6) is 5.75 Å². The van der Waals surface area contributed by atoms with Crippen LogP contribution < -0.4 is 9.64 Å². The number of amides is 1. The van der Waals surface area contributed by atoms with Crippen LogP contribution in [0.4, 0.5) is 5.13 Å². The molecule has 1 aliphatic heterocycles. The summed E-state index contributed by atoms with van der Waals surface area (Å²) in [6.07, 6.45) is 0. The van der Waals surface area contributed by atoms with Crippen molar-refractivity contribution in [2.24, 2.45) is 0 Å². The fourth-order valence-electron chi connectivity index (χ4n) is 4.16. The van der Waals surface area contributed by atoms with E-state index in [9.17, 15) is 19.5 Å². The highest BCUT2D eigenvalue weighted by Crippen LogP contribution is 2.44. The second-order valence-electron chi connectivity index (χ2n) is 8.39. The summed E-state index contributed by atoms with van der Waals surface area (Å²) in [6, 6.07) is 11.5. The van der Waals surface area contributed by atoms with Gasteiger partial charge < -0.3 is 14.6 Å². The minimum Gasteiger partial charge on any atom is -0.507 e. The number of hydrogen-bond donors (Lipinski definition) is 1. The molecule has 1 fully saturated rings. The number of aromatic nitrogens is 1. The summed E-state index contributed by atoms with van der Waals surface area (Å²) in [5.41, 5.74) is 3.03. The van der Waals surface area contributed by atoms with E-state index in [4.69, 9.17) is 9.47 Å². The average molecular weight is 507 g/mol. The minimum absolute atomic E-state index is 0.0506. The van der Waals surface area contributed by atoms with E-state index in [2.05, 4.69) is 4.98 Å². The van der Waals surface area contributed by atoms with Crippen LogP contribution in [0.25, 0.3) is 5.76 Å². The van der Waals surface area contributed by atoms with Gasteiger partial charge in [-0.05, 0) is 57.0 Å². The van der Waals surface area contributed by atoms with Crippen molar-refractivity contribution in [3.8, 4) is 5.75 Å². The molecule has 1 saturated heterocycles. The van der Waals surface area contributed by atoms with Gasteiger partial charge in [-0.15, -0.1) is 0 Å². The molecule has 8 nitrogen and oxygen atoms in total. The zero-order chi connectivity index (χ0) is 26.1. The molecule has 0 spiro atoms. The molecule has 1 N–H and O–H groups in total. The van der Waals surface area contributed by atoms with E-state index in [0.29, 0.717) is 29.2 Å². The van der Waals surface area contributed by atoms with Gasteiger partial charge in [-0.2, -0.15) is 0 Å². The Bertz CT molecular complexity index is 1390. The van der Waals surface area contributed by atoms with Crippen LogP contribution in [0.15, 0.2) is 48.0 Å². The lowest BCUT2D eigenvalue weighted by atomic mass is 9.93. The van der Waals surface area contributed by atoms with Crippen LogP contribution in [0.2, 0.25) is 0 Å². The first-order valence-electron chi connectivity index (χ1n) is 11.3. The lowest BCUT2D eigenvalue weighted by Gasteiger charge is -2.23. The predicted octanol–water partition coefficient (Wildman–Crippen LogP) is 4.88. The van der Waals surface area contributed by atoms with Crippen LogP contribution in [-0.4, -0.2) is 41.5 Å². The van der Waals surface area contributed by atoms with Crippen LogP contribution in [-0.2, 0) is 14.3 Å². The van der Waals surface area contributed by atoms with E-state index in [1.807, 2.05) is 32.9 Å². The number of nitrogens with zero attached hydrogens (tertiary/aromatic N) is 2. The number of ether oxygens (including phenoxy) is 2. The zero-order valence-corrected chi connectivity index (χ0v) is 21.4. The van der Waals surface area contributed by atoms with Crippen molar-refractivity contribution >= 4 is 39.9 Å². The number of carbonyl (C=O) groups excluding carboxylic acids is 3.